The summed E-state index contributed by atoms with van der Waals surface area (Å²) in [5, 5.41) is 3.75. The Hall–Kier alpha value is -0.0400. The molecule has 0 bridgehead atoms. The van der Waals surface area contributed by atoms with Gasteiger partial charge in [0.25, 0.3) is 0 Å². The molecule has 0 aliphatic heterocycles. The molecule has 1 aliphatic carbocycles. The van der Waals surface area contributed by atoms with Gasteiger partial charge in [-0.25, -0.2) is 0 Å². The summed E-state index contributed by atoms with van der Waals surface area (Å²) in [6.45, 7) is 15.4. The van der Waals surface area contributed by atoms with E-state index in [4.69, 9.17) is 0 Å². The van der Waals surface area contributed by atoms with E-state index in [0.717, 1.165) is 18.5 Å². The average Bonchev–Trinajstić information content (AvgIpc) is 2.51. The first-order valence-electron chi connectivity index (χ1n) is 7.49. The molecule has 2 unspecified atom stereocenters. The fraction of sp³-hybridized carbons (Fsp3) is 1.00. The topological polar surface area (TPSA) is 12.0 Å². The van der Waals surface area contributed by atoms with E-state index < -0.39 is 0 Å². The molecule has 0 spiro atoms. The van der Waals surface area contributed by atoms with Crippen LogP contribution in [0.1, 0.15) is 73.6 Å². The second-order valence-corrected chi connectivity index (χ2v) is 7.75. The van der Waals surface area contributed by atoms with Crippen molar-refractivity contribution in [1.29, 1.82) is 0 Å². The zero-order chi connectivity index (χ0) is 13.1. The van der Waals surface area contributed by atoms with Crippen molar-refractivity contribution in [2.24, 2.45) is 16.7 Å². The summed E-state index contributed by atoms with van der Waals surface area (Å²) in [5.74, 6) is 0.879. The second-order valence-electron chi connectivity index (χ2n) is 7.75. The highest BCUT2D eigenvalue weighted by Gasteiger charge is 2.39. The molecule has 1 fully saturated rings. The molecule has 17 heavy (non-hydrogen) atoms. The van der Waals surface area contributed by atoms with Gasteiger partial charge in [-0.3, -0.25) is 0 Å². The molecule has 102 valence electrons. The third kappa shape index (κ3) is 4.62. The summed E-state index contributed by atoms with van der Waals surface area (Å²) < 4.78 is 0. The lowest BCUT2D eigenvalue weighted by Crippen LogP contribution is -2.41. The summed E-state index contributed by atoms with van der Waals surface area (Å²) >= 11 is 0. The molecule has 1 saturated carbocycles. The number of hydrogen-bond donors (Lipinski definition) is 1. The molecule has 2 atom stereocenters. The van der Waals surface area contributed by atoms with Gasteiger partial charge in [0.15, 0.2) is 0 Å². The fourth-order valence-electron chi connectivity index (χ4n) is 3.40. The van der Waals surface area contributed by atoms with Crippen LogP contribution in [-0.2, 0) is 0 Å². The SMILES string of the molecule is CCNC(CCC(C)(C)C)C1CCCC1(C)C. The maximum absolute atomic E-state index is 3.75. The lowest BCUT2D eigenvalue weighted by molar-refractivity contribution is 0.177. The lowest BCUT2D eigenvalue weighted by atomic mass is 9.74. The van der Waals surface area contributed by atoms with E-state index in [1.807, 2.05) is 0 Å². The van der Waals surface area contributed by atoms with Crippen molar-refractivity contribution in [2.45, 2.75) is 79.7 Å². The van der Waals surface area contributed by atoms with Crippen LogP contribution in [0.4, 0.5) is 0 Å². The molecular weight excluding hydrogens is 206 g/mol. The number of nitrogens with one attached hydrogen (secondary N) is 1. The van der Waals surface area contributed by atoms with Crippen molar-refractivity contribution >= 4 is 0 Å². The Morgan fingerprint density at radius 3 is 2.35 bits per heavy atom. The maximum atomic E-state index is 3.75. The molecule has 1 rings (SSSR count). The van der Waals surface area contributed by atoms with Gasteiger partial charge < -0.3 is 5.32 Å². The van der Waals surface area contributed by atoms with Gasteiger partial charge in [-0.1, -0.05) is 48.0 Å². The third-order valence-electron chi connectivity index (χ3n) is 4.50. The molecule has 0 aromatic rings. The highest BCUT2D eigenvalue weighted by molar-refractivity contribution is 4.92. The molecule has 1 nitrogen and oxygen atoms in total. The number of hydrogen-bond acceptors (Lipinski definition) is 1. The zero-order valence-electron chi connectivity index (χ0n) is 12.9. The van der Waals surface area contributed by atoms with E-state index in [2.05, 4.69) is 46.9 Å². The minimum atomic E-state index is 0.469. The first-order valence-corrected chi connectivity index (χ1v) is 7.49. The standard InChI is InChI=1S/C16H33N/c1-7-17-14(10-12-15(2,3)4)13-9-8-11-16(13,5)6/h13-14,17H,7-12H2,1-6H3. The van der Waals surface area contributed by atoms with Gasteiger partial charge in [-0.05, 0) is 49.0 Å². The van der Waals surface area contributed by atoms with Crippen molar-refractivity contribution in [3.63, 3.8) is 0 Å². The molecular formula is C16H33N. The van der Waals surface area contributed by atoms with Crippen LogP contribution in [-0.4, -0.2) is 12.6 Å². The van der Waals surface area contributed by atoms with Gasteiger partial charge in [0.05, 0.1) is 0 Å². The van der Waals surface area contributed by atoms with E-state index in [1.54, 1.807) is 0 Å². The molecule has 0 aromatic heterocycles. The largest absolute Gasteiger partial charge is 0.314 e. The van der Waals surface area contributed by atoms with Crippen molar-refractivity contribution in [3.05, 3.63) is 0 Å². The minimum absolute atomic E-state index is 0.469. The van der Waals surface area contributed by atoms with Crippen LogP contribution in [0.25, 0.3) is 0 Å². The smallest absolute Gasteiger partial charge is 0.0100 e. The Bertz CT molecular complexity index is 224. The Morgan fingerprint density at radius 1 is 1.29 bits per heavy atom. The van der Waals surface area contributed by atoms with E-state index >= 15 is 0 Å². The lowest BCUT2D eigenvalue weighted by Gasteiger charge is -2.36. The molecule has 0 saturated heterocycles. The van der Waals surface area contributed by atoms with Crippen LogP contribution in [0, 0.1) is 16.7 Å². The normalized spacial score (nSPS) is 26.1. The van der Waals surface area contributed by atoms with Crippen LogP contribution in [0.15, 0.2) is 0 Å². The minimum Gasteiger partial charge on any atom is -0.314 e. The predicted octanol–water partition coefficient (Wildman–Crippen LogP) is 4.62. The quantitative estimate of drug-likeness (QED) is 0.738. The summed E-state index contributed by atoms with van der Waals surface area (Å²) in [6.07, 6.45) is 6.93. The Balaban J connectivity index is 2.59. The van der Waals surface area contributed by atoms with Crippen molar-refractivity contribution in [3.8, 4) is 0 Å². The Labute approximate surface area is 109 Å². The Kier molecular flexibility index (Phi) is 5.07. The van der Waals surface area contributed by atoms with Gasteiger partial charge in [0.1, 0.15) is 0 Å². The molecule has 1 heteroatoms. The van der Waals surface area contributed by atoms with E-state index in [0.29, 0.717) is 10.8 Å². The predicted molar refractivity (Wildman–Crippen MR) is 77.3 cm³/mol. The summed E-state index contributed by atoms with van der Waals surface area (Å²) in [7, 11) is 0. The molecule has 1 N–H and O–H groups in total. The number of rotatable bonds is 5. The summed E-state index contributed by atoms with van der Waals surface area (Å²) in [4.78, 5) is 0. The van der Waals surface area contributed by atoms with Crippen LogP contribution >= 0.6 is 0 Å². The van der Waals surface area contributed by atoms with E-state index in [9.17, 15) is 0 Å². The van der Waals surface area contributed by atoms with E-state index in [-0.39, 0.29) is 0 Å². The third-order valence-corrected chi connectivity index (χ3v) is 4.50. The fourth-order valence-corrected chi connectivity index (χ4v) is 3.40. The second kappa shape index (κ2) is 5.73. The molecule has 0 heterocycles. The van der Waals surface area contributed by atoms with Gasteiger partial charge >= 0.3 is 0 Å². The van der Waals surface area contributed by atoms with Crippen molar-refractivity contribution in [1.82, 2.24) is 5.32 Å². The molecule has 0 radical (unpaired) electrons. The van der Waals surface area contributed by atoms with Crippen LogP contribution in [0.2, 0.25) is 0 Å². The van der Waals surface area contributed by atoms with Gasteiger partial charge in [-0.15, -0.1) is 0 Å². The average molecular weight is 239 g/mol. The maximum Gasteiger partial charge on any atom is 0.0100 e. The van der Waals surface area contributed by atoms with Gasteiger partial charge in [0, 0.05) is 6.04 Å². The van der Waals surface area contributed by atoms with Crippen LogP contribution in [0.3, 0.4) is 0 Å². The van der Waals surface area contributed by atoms with Crippen LogP contribution in [0.5, 0.6) is 0 Å². The zero-order valence-corrected chi connectivity index (χ0v) is 12.9. The van der Waals surface area contributed by atoms with E-state index in [1.165, 1.54) is 32.1 Å². The highest BCUT2D eigenvalue weighted by atomic mass is 14.9. The molecule has 1 aliphatic rings. The van der Waals surface area contributed by atoms with Crippen molar-refractivity contribution in [2.75, 3.05) is 6.54 Å². The first-order chi connectivity index (χ1) is 7.76. The van der Waals surface area contributed by atoms with Gasteiger partial charge in [-0.2, -0.15) is 0 Å². The van der Waals surface area contributed by atoms with Crippen molar-refractivity contribution < 1.29 is 0 Å². The Morgan fingerprint density at radius 2 is 1.94 bits per heavy atom. The monoisotopic (exact) mass is 239 g/mol. The van der Waals surface area contributed by atoms with Gasteiger partial charge in [0.2, 0.25) is 0 Å². The molecule has 0 amide bonds. The summed E-state index contributed by atoms with van der Waals surface area (Å²) in [5.41, 5.74) is 1.02. The molecule has 0 aromatic carbocycles. The summed E-state index contributed by atoms with van der Waals surface area (Å²) in [6, 6.07) is 0.733. The van der Waals surface area contributed by atoms with Crippen LogP contribution < -0.4 is 5.32 Å². The first kappa shape index (κ1) is 15.0. The highest BCUT2D eigenvalue weighted by Crippen LogP contribution is 2.45.